The molecule has 176 valence electrons. The van der Waals surface area contributed by atoms with Crippen molar-refractivity contribution in [1.82, 2.24) is 15.1 Å². The van der Waals surface area contributed by atoms with E-state index >= 15 is 0 Å². The Morgan fingerprint density at radius 1 is 1.15 bits per heavy atom. The van der Waals surface area contributed by atoms with E-state index in [1.165, 1.54) is 0 Å². The molecule has 1 heterocycles. The molecule has 1 aromatic carbocycles. The molecule has 2 bridgehead atoms. The maximum Gasteiger partial charge on any atom is 0.408 e. The van der Waals surface area contributed by atoms with Crippen molar-refractivity contribution in [3.8, 4) is 0 Å². The van der Waals surface area contributed by atoms with Crippen LogP contribution in [0.1, 0.15) is 57.6 Å². The van der Waals surface area contributed by atoms with Crippen LogP contribution in [0.15, 0.2) is 42.6 Å². The number of halogens is 1. The molecule has 0 aliphatic heterocycles. The topological polar surface area (TPSA) is 82.5 Å². The van der Waals surface area contributed by atoms with Gasteiger partial charge in [0, 0.05) is 18.8 Å². The number of fused-ring (bicyclic) bond motifs is 2. The summed E-state index contributed by atoms with van der Waals surface area (Å²) < 4.78 is 12.9. The number of hydrogen-bond donors (Lipinski definition) is 1. The molecule has 1 amide bonds. The molecule has 0 saturated heterocycles. The zero-order chi connectivity index (χ0) is 23.9. The fraction of sp³-hybridized carbons (Fsp3) is 0.480. The molecule has 1 fully saturated rings. The van der Waals surface area contributed by atoms with Crippen LogP contribution < -0.4 is 5.32 Å². The van der Waals surface area contributed by atoms with Crippen LogP contribution in [-0.2, 0) is 27.9 Å². The number of ether oxygens (including phenoxy) is 2. The zero-order valence-corrected chi connectivity index (χ0v) is 20.2. The normalized spacial score (nSPS) is 24.2. The van der Waals surface area contributed by atoms with E-state index in [2.05, 4.69) is 10.4 Å². The number of amides is 1. The first kappa shape index (κ1) is 23.4. The Kier molecular flexibility index (Phi) is 6.03. The monoisotopic (exact) mass is 471 g/mol. The summed E-state index contributed by atoms with van der Waals surface area (Å²) in [6, 6.07) is 9.53. The fourth-order valence-electron chi connectivity index (χ4n) is 4.72. The van der Waals surface area contributed by atoms with Crippen molar-refractivity contribution in [1.29, 1.82) is 0 Å². The number of nitrogens with zero attached hydrogens (tertiary/aromatic N) is 2. The van der Waals surface area contributed by atoms with Gasteiger partial charge >= 0.3 is 12.1 Å². The van der Waals surface area contributed by atoms with Gasteiger partial charge in [0.2, 0.25) is 0 Å². The van der Waals surface area contributed by atoms with Gasteiger partial charge in [0.05, 0.1) is 11.0 Å². The zero-order valence-electron chi connectivity index (χ0n) is 19.5. The summed E-state index contributed by atoms with van der Waals surface area (Å²) in [6.07, 6.45) is 5.54. The standard InChI is InChI=1S/C25H30ClN3O4/c1-23(2,3)33-21(30)24-10-12-25(13-11-24,19(14-24)18-15-29(4)28-20(18)26)27-22(31)32-16-17-8-6-5-7-9-17/h5-9,14-15H,10-13,16H2,1-4H3,(H,27,31). The highest BCUT2D eigenvalue weighted by Crippen LogP contribution is 2.55. The molecule has 1 N–H and O–H groups in total. The van der Waals surface area contributed by atoms with Crippen LogP contribution >= 0.6 is 11.6 Å². The first-order valence-corrected chi connectivity index (χ1v) is 11.5. The highest BCUT2D eigenvalue weighted by atomic mass is 35.5. The summed E-state index contributed by atoms with van der Waals surface area (Å²) in [5.41, 5.74) is 0.378. The summed E-state index contributed by atoms with van der Waals surface area (Å²) in [5.74, 6) is -0.243. The van der Waals surface area contributed by atoms with Gasteiger partial charge in [-0.05, 0) is 57.6 Å². The van der Waals surface area contributed by atoms with Crippen LogP contribution in [0.2, 0.25) is 5.15 Å². The van der Waals surface area contributed by atoms with Gasteiger partial charge in [-0.25, -0.2) is 4.79 Å². The molecular formula is C25H30ClN3O4. The lowest BCUT2D eigenvalue weighted by Gasteiger charge is -2.51. The molecule has 3 aliphatic rings. The van der Waals surface area contributed by atoms with Gasteiger partial charge in [0.25, 0.3) is 0 Å². The van der Waals surface area contributed by atoms with Crippen molar-refractivity contribution in [3.05, 3.63) is 58.9 Å². The van der Waals surface area contributed by atoms with E-state index < -0.39 is 22.6 Å². The molecule has 7 nitrogen and oxygen atoms in total. The summed E-state index contributed by atoms with van der Waals surface area (Å²) in [4.78, 5) is 26.0. The quantitative estimate of drug-likeness (QED) is 0.618. The number of alkyl carbamates (subject to hydrolysis) is 1. The van der Waals surface area contributed by atoms with E-state index in [1.54, 1.807) is 11.7 Å². The van der Waals surface area contributed by atoms with Crippen LogP contribution in [0.3, 0.4) is 0 Å². The van der Waals surface area contributed by atoms with E-state index in [9.17, 15) is 9.59 Å². The Bertz CT molecular complexity index is 1080. The summed E-state index contributed by atoms with van der Waals surface area (Å²) in [5, 5.41) is 7.69. The summed E-state index contributed by atoms with van der Waals surface area (Å²) in [6.45, 7) is 5.77. The third kappa shape index (κ3) is 4.78. The van der Waals surface area contributed by atoms with Gasteiger partial charge in [-0.1, -0.05) is 48.0 Å². The van der Waals surface area contributed by atoms with Crippen molar-refractivity contribution >= 4 is 29.2 Å². The number of esters is 1. The summed E-state index contributed by atoms with van der Waals surface area (Å²) >= 11 is 6.45. The molecule has 8 heteroatoms. The van der Waals surface area contributed by atoms with Crippen LogP contribution in [-0.4, -0.2) is 33.0 Å². The van der Waals surface area contributed by atoms with Crippen LogP contribution in [0.4, 0.5) is 4.79 Å². The minimum atomic E-state index is -0.751. The van der Waals surface area contributed by atoms with Crippen molar-refractivity contribution in [2.75, 3.05) is 0 Å². The number of aromatic nitrogens is 2. The summed E-state index contributed by atoms with van der Waals surface area (Å²) in [7, 11) is 1.79. The Morgan fingerprint density at radius 3 is 2.39 bits per heavy atom. The SMILES string of the molecule is Cn1cc(C2=CC3(C(=O)OC(C)(C)C)CCC2(NC(=O)OCc2ccccc2)CC3)c(Cl)n1. The fourth-order valence-corrected chi connectivity index (χ4v) is 4.99. The number of carbonyl (C=O) groups excluding carboxylic acids is 2. The van der Waals surface area contributed by atoms with Crippen molar-refractivity contribution in [2.45, 2.75) is 64.2 Å². The van der Waals surface area contributed by atoms with E-state index in [-0.39, 0.29) is 12.6 Å². The molecule has 33 heavy (non-hydrogen) atoms. The molecule has 0 spiro atoms. The van der Waals surface area contributed by atoms with E-state index in [1.807, 2.05) is 63.4 Å². The largest absolute Gasteiger partial charge is 0.459 e. The molecule has 3 aliphatic carbocycles. The molecule has 0 radical (unpaired) electrons. The Hall–Kier alpha value is -2.80. The highest BCUT2D eigenvalue weighted by molar-refractivity contribution is 6.31. The minimum Gasteiger partial charge on any atom is -0.459 e. The Balaban J connectivity index is 1.63. The molecule has 0 unspecified atom stereocenters. The van der Waals surface area contributed by atoms with E-state index in [0.29, 0.717) is 36.4 Å². The first-order chi connectivity index (χ1) is 15.5. The molecule has 2 aromatic rings. The predicted molar refractivity (Wildman–Crippen MR) is 125 cm³/mol. The Labute approximate surface area is 199 Å². The van der Waals surface area contributed by atoms with Crippen molar-refractivity contribution in [3.63, 3.8) is 0 Å². The number of rotatable bonds is 5. The molecular weight excluding hydrogens is 442 g/mol. The third-order valence-corrected chi connectivity index (χ3v) is 6.64. The van der Waals surface area contributed by atoms with Crippen LogP contribution in [0.5, 0.6) is 0 Å². The molecule has 1 saturated carbocycles. The molecule has 1 aromatic heterocycles. The van der Waals surface area contributed by atoms with Crippen LogP contribution in [0, 0.1) is 5.41 Å². The van der Waals surface area contributed by atoms with Gasteiger partial charge in [-0.2, -0.15) is 5.10 Å². The number of aryl methyl sites for hydroxylation is 1. The average molecular weight is 472 g/mol. The number of benzene rings is 1. The lowest BCUT2D eigenvalue weighted by molar-refractivity contribution is -0.167. The van der Waals surface area contributed by atoms with Gasteiger partial charge < -0.3 is 14.8 Å². The number of carbonyl (C=O) groups is 2. The first-order valence-electron chi connectivity index (χ1n) is 11.2. The van der Waals surface area contributed by atoms with Gasteiger partial charge in [-0.15, -0.1) is 0 Å². The second-order valence-corrected chi connectivity index (χ2v) is 10.4. The smallest absolute Gasteiger partial charge is 0.408 e. The number of nitrogens with one attached hydrogen (secondary N) is 1. The maximum absolute atomic E-state index is 13.2. The lowest BCUT2D eigenvalue weighted by Crippen LogP contribution is -2.58. The van der Waals surface area contributed by atoms with E-state index in [0.717, 1.165) is 11.1 Å². The predicted octanol–water partition coefficient (Wildman–Crippen LogP) is 5.04. The Morgan fingerprint density at radius 2 is 1.82 bits per heavy atom. The lowest BCUT2D eigenvalue weighted by atomic mass is 9.57. The highest BCUT2D eigenvalue weighted by Gasteiger charge is 2.55. The van der Waals surface area contributed by atoms with Crippen molar-refractivity contribution in [2.24, 2.45) is 12.5 Å². The maximum atomic E-state index is 13.2. The number of hydrogen-bond acceptors (Lipinski definition) is 5. The third-order valence-electron chi connectivity index (χ3n) is 6.37. The van der Waals surface area contributed by atoms with E-state index in [4.69, 9.17) is 21.1 Å². The van der Waals surface area contributed by atoms with Gasteiger partial charge in [0.15, 0.2) is 5.15 Å². The van der Waals surface area contributed by atoms with Gasteiger partial charge in [-0.3, -0.25) is 9.48 Å². The average Bonchev–Trinajstić information content (AvgIpc) is 3.10. The van der Waals surface area contributed by atoms with Gasteiger partial charge in [0.1, 0.15) is 12.2 Å². The van der Waals surface area contributed by atoms with Crippen molar-refractivity contribution < 1.29 is 19.1 Å². The second kappa shape index (κ2) is 8.52. The molecule has 5 rings (SSSR count). The minimum absolute atomic E-state index is 0.178. The van der Waals surface area contributed by atoms with Crippen LogP contribution in [0.25, 0.3) is 5.57 Å². The second-order valence-electron chi connectivity index (χ2n) is 9.99. The molecule has 0 atom stereocenters.